The van der Waals surface area contributed by atoms with E-state index in [1.54, 1.807) is 25.6 Å². The van der Waals surface area contributed by atoms with Gasteiger partial charge in [0.05, 0.1) is 34.9 Å². The molecule has 1 aromatic carbocycles. The number of carbonyl (C=O) groups excluding carboxylic acids is 1. The van der Waals surface area contributed by atoms with Gasteiger partial charge in [0.2, 0.25) is 0 Å². The second-order valence-corrected chi connectivity index (χ2v) is 8.10. The van der Waals surface area contributed by atoms with Crippen LogP contribution in [0.4, 0.5) is 5.69 Å². The van der Waals surface area contributed by atoms with Gasteiger partial charge < -0.3 is 15.2 Å². The van der Waals surface area contributed by atoms with Gasteiger partial charge in [-0.05, 0) is 36.8 Å². The number of anilines is 1. The number of fused-ring (bicyclic) bond motifs is 3. The van der Waals surface area contributed by atoms with Crippen LogP contribution in [-0.4, -0.2) is 63.4 Å². The number of rotatable bonds is 4. The topological polar surface area (TPSA) is 98.6 Å². The van der Waals surface area contributed by atoms with Crippen LogP contribution in [0, 0.1) is 6.92 Å². The fourth-order valence-electron chi connectivity index (χ4n) is 4.38. The molecular formula is C23H25N7O2. The van der Waals surface area contributed by atoms with Gasteiger partial charge in [-0.3, -0.25) is 18.9 Å². The smallest absolute Gasteiger partial charge is 0.274 e. The summed E-state index contributed by atoms with van der Waals surface area (Å²) in [5.74, 6) is -0.171. The lowest BCUT2D eigenvalue weighted by atomic mass is 10.1. The molecule has 4 heterocycles. The first-order valence-corrected chi connectivity index (χ1v) is 10.7. The van der Waals surface area contributed by atoms with E-state index in [-0.39, 0.29) is 11.5 Å². The van der Waals surface area contributed by atoms with Gasteiger partial charge in [0.15, 0.2) is 0 Å². The van der Waals surface area contributed by atoms with Crippen molar-refractivity contribution in [2.45, 2.75) is 13.5 Å². The van der Waals surface area contributed by atoms with Crippen LogP contribution < -0.4 is 15.8 Å². The normalized spacial score (nSPS) is 14.9. The Morgan fingerprint density at radius 2 is 1.94 bits per heavy atom. The predicted octanol–water partition coefficient (Wildman–Crippen LogP) is 1.56. The Morgan fingerprint density at radius 1 is 1.12 bits per heavy atom. The van der Waals surface area contributed by atoms with Gasteiger partial charge in [-0.15, -0.1) is 0 Å². The van der Waals surface area contributed by atoms with Crippen LogP contribution in [0.15, 0.2) is 47.7 Å². The molecule has 32 heavy (non-hydrogen) atoms. The zero-order valence-electron chi connectivity index (χ0n) is 18.1. The number of amides is 1. The monoisotopic (exact) mass is 431 g/mol. The number of nitrogens with zero attached hydrogens (tertiary/aromatic N) is 5. The second-order valence-electron chi connectivity index (χ2n) is 8.10. The summed E-state index contributed by atoms with van der Waals surface area (Å²) in [6, 6.07) is 9.96. The minimum Gasteiger partial charge on any atom is -0.368 e. The quantitative estimate of drug-likeness (QED) is 0.509. The van der Waals surface area contributed by atoms with Crippen LogP contribution in [0.1, 0.15) is 21.7 Å². The maximum atomic E-state index is 12.3. The minimum atomic E-state index is -0.171. The molecule has 9 nitrogen and oxygen atoms in total. The molecule has 0 radical (unpaired) electrons. The van der Waals surface area contributed by atoms with E-state index in [1.807, 2.05) is 29.5 Å². The summed E-state index contributed by atoms with van der Waals surface area (Å²) in [5.41, 5.74) is 5.71. The molecule has 5 rings (SSSR count). The largest absolute Gasteiger partial charge is 0.368 e. The molecule has 1 saturated heterocycles. The molecule has 1 aliphatic heterocycles. The van der Waals surface area contributed by atoms with E-state index in [9.17, 15) is 9.59 Å². The second kappa shape index (κ2) is 8.08. The minimum absolute atomic E-state index is 0.132. The number of H-pyrrole nitrogens is 1. The van der Waals surface area contributed by atoms with Crippen molar-refractivity contribution >= 4 is 28.1 Å². The number of benzene rings is 1. The summed E-state index contributed by atoms with van der Waals surface area (Å²) >= 11 is 0. The molecule has 0 spiro atoms. The Morgan fingerprint density at radius 3 is 2.69 bits per heavy atom. The maximum Gasteiger partial charge on any atom is 0.274 e. The summed E-state index contributed by atoms with van der Waals surface area (Å²) in [5, 5.41) is 2.61. The van der Waals surface area contributed by atoms with E-state index in [1.165, 1.54) is 0 Å². The van der Waals surface area contributed by atoms with Crippen LogP contribution in [0.25, 0.3) is 16.6 Å². The predicted molar refractivity (Wildman–Crippen MR) is 123 cm³/mol. The summed E-state index contributed by atoms with van der Waals surface area (Å²) in [4.78, 5) is 40.3. The van der Waals surface area contributed by atoms with E-state index >= 15 is 0 Å². The van der Waals surface area contributed by atoms with Crippen molar-refractivity contribution in [2.24, 2.45) is 0 Å². The number of aromatic nitrogens is 4. The average Bonchev–Trinajstić information content (AvgIpc) is 3.30. The number of pyridine rings is 1. The molecule has 0 bridgehead atoms. The molecule has 0 atom stereocenters. The van der Waals surface area contributed by atoms with Gasteiger partial charge in [0.1, 0.15) is 11.2 Å². The van der Waals surface area contributed by atoms with Crippen molar-refractivity contribution in [1.82, 2.24) is 29.6 Å². The van der Waals surface area contributed by atoms with E-state index in [0.717, 1.165) is 60.7 Å². The lowest BCUT2D eigenvalue weighted by molar-refractivity contribution is 0.0958. The third-order valence-electron chi connectivity index (χ3n) is 6.08. The Hall–Kier alpha value is -3.72. The van der Waals surface area contributed by atoms with E-state index in [4.69, 9.17) is 0 Å². The molecule has 3 aromatic heterocycles. The summed E-state index contributed by atoms with van der Waals surface area (Å²) in [6.45, 7) is 6.39. The van der Waals surface area contributed by atoms with Gasteiger partial charge in [-0.1, -0.05) is 6.07 Å². The lowest BCUT2D eigenvalue weighted by Crippen LogP contribution is -2.46. The van der Waals surface area contributed by atoms with Gasteiger partial charge in [-0.25, -0.2) is 9.97 Å². The number of aromatic amines is 1. The number of piperazine rings is 1. The first-order valence-electron chi connectivity index (χ1n) is 10.7. The molecule has 0 aliphatic carbocycles. The number of carbonyl (C=O) groups is 1. The van der Waals surface area contributed by atoms with Crippen molar-refractivity contribution in [3.8, 4) is 0 Å². The maximum absolute atomic E-state index is 12.3. The van der Waals surface area contributed by atoms with E-state index in [0.29, 0.717) is 11.2 Å². The highest BCUT2D eigenvalue weighted by molar-refractivity contribution is 5.92. The Bertz CT molecular complexity index is 1370. The summed E-state index contributed by atoms with van der Waals surface area (Å²) in [6.07, 6.45) is 3.25. The first-order chi connectivity index (χ1) is 15.5. The van der Waals surface area contributed by atoms with Gasteiger partial charge >= 0.3 is 0 Å². The molecule has 1 aliphatic rings. The van der Waals surface area contributed by atoms with Crippen LogP contribution in [-0.2, 0) is 6.54 Å². The number of nitrogens with one attached hydrogen (secondary N) is 2. The molecule has 1 fully saturated rings. The molecule has 0 saturated carbocycles. The third kappa shape index (κ3) is 3.60. The standard InChI is InChI=1S/C23H25N7O2/c1-15-19(6-4-17(26-15)22(31)24-2)29-9-7-28(8-10-29)13-16-3-5-20-18(11-16)27-23(32)21-12-25-14-30(20)21/h3-6,11-12,14H,7-10,13H2,1-2H3,(H,24,31)(H,27,32). The van der Waals surface area contributed by atoms with Crippen LogP contribution in [0.5, 0.6) is 0 Å². The summed E-state index contributed by atoms with van der Waals surface area (Å²) < 4.78 is 1.82. The molecule has 0 unspecified atom stereocenters. The van der Waals surface area contributed by atoms with Crippen LogP contribution >= 0.6 is 0 Å². The van der Waals surface area contributed by atoms with Gasteiger partial charge in [0.25, 0.3) is 11.5 Å². The number of hydrogen-bond acceptors (Lipinski definition) is 6. The highest BCUT2D eigenvalue weighted by Crippen LogP contribution is 2.22. The first kappa shape index (κ1) is 20.2. The number of imidazole rings is 1. The fraction of sp³-hybridized carbons (Fsp3) is 0.304. The SMILES string of the molecule is CNC(=O)c1ccc(N2CCN(Cc3ccc4c(c3)[nH]c(=O)c3cncn34)CC2)c(C)n1. The zero-order valence-corrected chi connectivity index (χ0v) is 18.1. The lowest BCUT2D eigenvalue weighted by Gasteiger charge is -2.36. The van der Waals surface area contributed by atoms with Crippen molar-refractivity contribution in [3.63, 3.8) is 0 Å². The molecule has 164 valence electrons. The third-order valence-corrected chi connectivity index (χ3v) is 6.08. The fourth-order valence-corrected chi connectivity index (χ4v) is 4.38. The van der Waals surface area contributed by atoms with Crippen molar-refractivity contribution in [3.05, 3.63) is 70.2 Å². The Labute approximate surface area is 184 Å². The van der Waals surface area contributed by atoms with E-state index in [2.05, 4.69) is 36.1 Å². The van der Waals surface area contributed by atoms with Crippen molar-refractivity contribution in [2.75, 3.05) is 38.1 Å². The van der Waals surface area contributed by atoms with Gasteiger partial charge in [0, 0.05) is 39.8 Å². The van der Waals surface area contributed by atoms with Crippen LogP contribution in [0.3, 0.4) is 0 Å². The van der Waals surface area contributed by atoms with Crippen LogP contribution in [0.2, 0.25) is 0 Å². The van der Waals surface area contributed by atoms with Gasteiger partial charge in [-0.2, -0.15) is 0 Å². The molecule has 2 N–H and O–H groups in total. The van der Waals surface area contributed by atoms with Crippen molar-refractivity contribution in [1.29, 1.82) is 0 Å². The molecule has 1 amide bonds. The van der Waals surface area contributed by atoms with Crippen molar-refractivity contribution < 1.29 is 4.79 Å². The summed E-state index contributed by atoms with van der Waals surface area (Å²) in [7, 11) is 1.61. The average molecular weight is 432 g/mol. The molecule has 9 heteroatoms. The Kier molecular flexibility index (Phi) is 5.10. The Balaban J connectivity index is 1.28. The highest BCUT2D eigenvalue weighted by atomic mass is 16.1. The number of hydrogen-bond donors (Lipinski definition) is 2. The molecular weight excluding hydrogens is 406 g/mol. The number of aryl methyl sites for hydroxylation is 1. The zero-order chi connectivity index (χ0) is 22.2. The molecule has 4 aromatic rings. The highest BCUT2D eigenvalue weighted by Gasteiger charge is 2.20. The van der Waals surface area contributed by atoms with E-state index < -0.39 is 0 Å².